The molecule has 3 aromatic carbocycles. The van der Waals surface area contributed by atoms with E-state index in [2.05, 4.69) is 19.7 Å². The summed E-state index contributed by atoms with van der Waals surface area (Å²) in [6.07, 6.45) is -0.923. The molecule has 1 heterocycles. The van der Waals surface area contributed by atoms with Crippen molar-refractivity contribution in [2.75, 3.05) is 39.6 Å². The Hall–Kier alpha value is -7.89. The van der Waals surface area contributed by atoms with Crippen molar-refractivity contribution >= 4 is 35.8 Å². The van der Waals surface area contributed by atoms with Gasteiger partial charge >= 0.3 is 52.9 Å². The van der Waals surface area contributed by atoms with Crippen LogP contribution in [0.3, 0.4) is 0 Å². The monoisotopic (exact) mass is 909 g/mol. The first-order valence-corrected chi connectivity index (χ1v) is 20.5. The zero-order valence-corrected chi connectivity index (χ0v) is 37.6. The van der Waals surface area contributed by atoms with Crippen molar-refractivity contribution < 1.29 is 57.2 Å². The molecule has 0 radical (unpaired) electrons. The average Bonchev–Trinajstić information content (AvgIpc) is 3.26. The summed E-state index contributed by atoms with van der Waals surface area (Å²) in [5.41, 5.74) is -0.667. The molecule has 4 rings (SSSR count). The second-order valence-electron chi connectivity index (χ2n) is 15.0. The number of ether oxygens (including phenoxy) is 6. The molecule has 0 unspecified atom stereocenters. The number of benzene rings is 3. The smallest absolute Gasteiger partial charge is 0.345 e. The summed E-state index contributed by atoms with van der Waals surface area (Å²) < 4.78 is 33.0. The summed E-state index contributed by atoms with van der Waals surface area (Å²) in [6, 6.07) is 13.7. The lowest BCUT2D eigenvalue weighted by atomic mass is 10.0. The molecule has 4 aromatic rings. The summed E-state index contributed by atoms with van der Waals surface area (Å²) in [7, 11) is 0. The number of rotatable bonds is 21. The molecule has 0 saturated heterocycles. The molecule has 0 aliphatic rings. The van der Waals surface area contributed by atoms with Gasteiger partial charge in [-0.1, -0.05) is 56.1 Å². The second kappa shape index (κ2) is 23.2. The van der Waals surface area contributed by atoms with Crippen LogP contribution in [0.1, 0.15) is 54.2 Å². The lowest BCUT2D eigenvalue weighted by Crippen LogP contribution is -2.53. The molecule has 0 amide bonds. The van der Waals surface area contributed by atoms with Gasteiger partial charge in [0.1, 0.15) is 39.6 Å². The highest BCUT2D eigenvalue weighted by molar-refractivity contribution is 5.87. The molecular formula is C48H51N3O15. The third-order valence-electron chi connectivity index (χ3n) is 9.91. The van der Waals surface area contributed by atoms with E-state index in [0.717, 1.165) is 13.7 Å². The van der Waals surface area contributed by atoms with Gasteiger partial charge in [-0.05, 0) is 93.1 Å². The molecular weight excluding hydrogens is 859 g/mol. The normalized spacial score (nSPS) is 10.6. The Bertz CT molecular complexity index is 2460. The maximum absolute atomic E-state index is 14.8. The zero-order chi connectivity index (χ0) is 48.8. The van der Waals surface area contributed by atoms with E-state index >= 15 is 0 Å². The van der Waals surface area contributed by atoms with Crippen LogP contribution in [0.2, 0.25) is 0 Å². The van der Waals surface area contributed by atoms with E-state index < -0.39 is 52.9 Å². The van der Waals surface area contributed by atoms with Crippen LogP contribution in [0, 0.1) is 20.8 Å². The van der Waals surface area contributed by atoms with Crippen molar-refractivity contribution in [3.05, 3.63) is 156 Å². The number of hydrogen-bond acceptors (Lipinski definition) is 15. The first-order valence-electron chi connectivity index (χ1n) is 20.5. The van der Waals surface area contributed by atoms with Gasteiger partial charge in [-0.2, -0.15) is 0 Å². The highest BCUT2D eigenvalue weighted by Crippen LogP contribution is 2.22. The Labute approximate surface area is 379 Å². The molecule has 66 heavy (non-hydrogen) atoms. The minimum Gasteiger partial charge on any atom is -0.462 e. The fourth-order valence-electron chi connectivity index (χ4n) is 6.33. The van der Waals surface area contributed by atoms with Crippen molar-refractivity contribution in [1.82, 2.24) is 13.7 Å². The quantitative estimate of drug-likeness (QED) is 0.0503. The van der Waals surface area contributed by atoms with Crippen LogP contribution >= 0.6 is 0 Å². The molecule has 1 aromatic heterocycles. The molecule has 18 heteroatoms. The topological polar surface area (TPSA) is 224 Å². The van der Waals surface area contributed by atoms with Crippen molar-refractivity contribution in [3.8, 4) is 17.1 Å². The first kappa shape index (κ1) is 50.8. The molecule has 0 bridgehead atoms. The molecule has 0 N–H and O–H groups in total. The summed E-state index contributed by atoms with van der Waals surface area (Å²) in [5.74, 6) is -4.04. The SMILES string of the molecule is C=C(C)C(=O)OCCOC(=O)Cc1cccc(-n2c(=O)n(-c3cccc(CC(=O)OCCOC(=O)C(=C)C)c3C)c(=O)n(-c3cccc(CC(=O)OCCOC(=O)C(=C)C)c3C)c2=O)c1C. The Kier molecular flexibility index (Phi) is 17.8. The van der Waals surface area contributed by atoms with E-state index in [4.69, 9.17) is 28.4 Å². The molecule has 0 aliphatic carbocycles. The molecule has 0 spiro atoms. The zero-order valence-electron chi connectivity index (χ0n) is 37.6. The molecule has 0 saturated carbocycles. The van der Waals surface area contributed by atoms with Crippen LogP contribution in [0.5, 0.6) is 0 Å². The van der Waals surface area contributed by atoms with Gasteiger partial charge < -0.3 is 28.4 Å². The second-order valence-corrected chi connectivity index (χ2v) is 15.0. The lowest BCUT2D eigenvalue weighted by molar-refractivity contribution is -0.149. The van der Waals surface area contributed by atoms with Gasteiger partial charge in [0.2, 0.25) is 0 Å². The van der Waals surface area contributed by atoms with Crippen molar-refractivity contribution in [1.29, 1.82) is 0 Å². The van der Waals surface area contributed by atoms with Crippen LogP contribution in [0.15, 0.2) is 105 Å². The third kappa shape index (κ3) is 12.9. The van der Waals surface area contributed by atoms with Crippen molar-refractivity contribution in [2.45, 2.75) is 60.8 Å². The Morgan fingerprint density at radius 2 is 0.636 bits per heavy atom. The van der Waals surface area contributed by atoms with Gasteiger partial charge in [0.05, 0.1) is 36.3 Å². The highest BCUT2D eigenvalue weighted by Gasteiger charge is 2.25. The van der Waals surface area contributed by atoms with E-state index in [-0.39, 0.29) is 92.7 Å². The Morgan fingerprint density at radius 1 is 0.409 bits per heavy atom. The van der Waals surface area contributed by atoms with Crippen molar-refractivity contribution in [3.63, 3.8) is 0 Å². The standard InChI is InChI=1S/C48H51N3O15/c1-28(2)43(55)64-22-19-61-40(52)25-34-13-10-16-37(31(34)7)49-46(58)50(38-17-11-14-35(32(38)8)26-41(53)62-20-23-65-44(56)29(3)4)48(60)51(47(49)59)39-18-12-15-36(33(39)9)27-42(54)63-21-24-66-45(57)30(5)6/h10-18H,1,3,5,19-27H2,2,4,6-9H3. The van der Waals surface area contributed by atoms with Crippen LogP contribution in [0.4, 0.5) is 0 Å². The van der Waals surface area contributed by atoms with Gasteiger partial charge in [-0.3, -0.25) is 14.4 Å². The predicted octanol–water partition coefficient (Wildman–Crippen LogP) is 3.68. The van der Waals surface area contributed by atoms with Crippen LogP contribution in [-0.2, 0) is 76.5 Å². The molecule has 18 nitrogen and oxygen atoms in total. The van der Waals surface area contributed by atoms with Gasteiger partial charge in [-0.15, -0.1) is 0 Å². The number of carbonyl (C=O) groups excluding carboxylic acids is 6. The largest absolute Gasteiger partial charge is 0.462 e. The molecule has 0 fully saturated rings. The maximum atomic E-state index is 14.8. The maximum Gasteiger partial charge on any atom is 0.345 e. The fraction of sp³-hybridized carbons (Fsp3) is 0.312. The third-order valence-corrected chi connectivity index (χ3v) is 9.91. The van der Waals surface area contributed by atoms with Crippen LogP contribution in [-0.4, -0.2) is 89.2 Å². The van der Waals surface area contributed by atoms with Gasteiger partial charge in [0, 0.05) is 16.7 Å². The van der Waals surface area contributed by atoms with Crippen LogP contribution in [0.25, 0.3) is 17.1 Å². The number of esters is 6. The lowest BCUT2D eigenvalue weighted by Gasteiger charge is -2.20. The van der Waals surface area contributed by atoms with E-state index in [1.165, 1.54) is 57.2 Å². The van der Waals surface area contributed by atoms with Gasteiger partial charge in [0.25, 0.3) is 0 Å². The minimum atomic E-state index is -1.09. The van der Waals surface area contributed by atoms with Crippen LogP contribution < -0.4 is 17.1 Å². The van der Waals surface area contributed by atoms with Gasteiger partial charge in [0.15, 0.2) is 0 Å². The summed E-state index contributed by atoms with van der Waals surface area (Å²) in [4.78, 5) is 118. The Balaban J connectivity index is 1.81. The molecule has 348 valence electrons. The summed E-state index contributed by atoms with van der Waals surface area (Å²) in [6.45, 7) is 18.3. The average molecular weight is 910 g/mol. The van der Waals surface area contributed by atoms with E-state index in [1.807, 2.05) is 0 Å². The summed E-state index contributed by atoms with van der Waals surface area (Å²) in [5, 5.41) is 0. The predicted molar refractivity (Wildman–Crippen MR) is 239 cm³/mol. The van der Waals surface area contributed by atoms with E-state index in [0.29, 0.717) is 33.4 Å². The number of carbonyl (C=O) groups is 6. The first-order chi connectivity index (χ1) is 31.2. The molecule has 0 atom stereocenters. The minimum absolute atomic E-state index is 0.0163. The fourth-order valence-corrected chi connectivity index (χ4v) is 6.33. The van der Waals surface area contributed by atoms with E-state index in [1.54, 1.807) is 39.0 Å². The van der Waals surface area contributed by atoms with Gasteiger partial charge in [-0.25, -0.2) is 42.5 Å². The number of nitrogens with zero attached hydrogens (tertiary/aromatic N) is 3. The number of hydrogen-bond donors (Lipinski definition) is 0. The number of aromatic nitrogens is 3. The van der Waals surface area contributed by atoms with E-state index in [9.17, 15) is 43.2 Å². The summed E-state index contributed by atoms with van der Waals surface area (Å²) >= 11 is 0. The Morgan fingerprint density at radius 3 is 0.864 bits per heavy atom. The van der Waals surface area contributed by atoms with Crippen molar-refractivity contribution in [2.24, 2.45) is 0 Å². The highest BCUT2D eigenvalue weighted by atomic mass is 16.6. The molecule has 0 aliphatic heterocycles.